The number of aromatic nitrogens is 3. The number of carboxylic acids is 1. The Labute approximate surface area is 197 Å². The predicted molar refractivity (Wildman–Crippen MR) is 125 cm³/mol. The summed E-state index contributed by atoms with van der Waals surface area (Å²) in [5.74, 6) is -0.137. The number of likely N-dealkylation sites (tertiary alicyclic amines) is 1. The highest BCUT2D eigenvalue weighted by Crippen LogP contribution is 2.26. The van der Waals surface area contributed by atoms with Gasteiger partial charge in [-0.2, -0.15) is 5.10 Å². The summed E-state index contributed by atoms with van der Waals surface area (Å²) in [6, 6.07) is 16.2. The fraction of sp³-hybridized carbons (Fsp3) is 0.360. The Bertz CT molecular complexity index is 1200. The molecule has 2 N–H and O–H groups in total. The number of ether oxygens (including phenoxy) is 1. The van der Waals surface area contributed by atoms with Crippen LogP contribution in [0.2, 0.25) is 0 Å². The number of benzene rings is 2. The molecule has 3 aromatic rings. The maximum Gasteiger partial charge on any atom is 0.343 e. The van der Waals surface area contributed by atoms with Crippen molar-refractivity contribution < 1.29 is 19.4 Å². The molecule has 1 fully saturated rings. The molecule has 9 nitrogen and oxygen atoms in total. The SMILES string of the molecule is CCn1c([C@@H](Cc2ccccc2)Oc2cccc(CC(=O)N3CCCC3C(=O)O)c2)n[nH]c1=O. The fourth-order valence-electron chi connectivity index (χ4n) is 4.39. The van der Waals surface area contributed by atoms with Gasteiger partial charge >= 0.3 is 11.7 Å². The van der Waals surface area contributed by atoms with Crippen molar-refractivity contribution in [3.05, 3.63) is 82.0 Å². The fourth-order valence-corrected chi connectivity index (χ4v) is 4.39. The average molecular weight is 465 g/mol. The highest BCUT2D eigenvalue weighted by atomic mass is 16.5. The van der Waals surface area contributed by atoms with Gasteiger partial charge in [0.1, 0.15) is 11.8 Å². The monoisotopic (exact) mass is 464 g/mol. The van der Waals surface area contributed by atoms with E-state index >= 15 is 0 Å². The molecule has 1 unspecified atom stereocenters. The Kier molecular flexibility index (Phi) is 7.10. The van der Waals surface area contributed by atoms with E-state index in [1.165, 1.54) is 4.90 Å². The summed E-state index contributed by atoms with van der Waals surface area (Å²) in [6.45, 7) is 2.78. The minimum absolute atomic E-state index is 0.0897. The molecule has 2 heterocycles. The molecule has 1 saturated heterocycles. The smallest absolute Gasteiger partial charge is 0.343 e. The van der Waals surface area contributed by atoms with Crippen LogP contribution >= 0.6 is 0 Å². The largest absolute Gasteiger partial charge is 0.482 e. The quantitative estimate of drug-likeness (QED) is 0.503. The van der Waals surface area contributed by atoms with Crippen molar-refractivity contribution in [2.45, 2.75) is 51.3 Å². The van der Waals surface area contributed by atoms with Crippen molar-refractivity contribution in [1.29, 1.82) is 0 Å². The zero-order valence-corrected chi connectivity index (χ0v) is 19.0. The van der Waals surface area contributed by atoms with Gasteiger partial charge in [0.2, 0.25) is 5.91 Å². The van der Waals surface area contributed by atoms with Crippen LogP contribution in [0.15, 0.2) is 59.4 Å². The molecule has 0 spiro atoms. The molecular formula is C25H28N4O5. The molecule has 2 aromatic carbocycles. The summed E-state index contributed by atoms with van der Waals surface area (Å²) in [5.41, 5.74) is 1.47. The number of carboxylic acid groups (broad SMARTS) is 1. The molecular weight excluding hydrogens is 436 g/mol. The van der Waals surface area contributed by atoms with Crippen LogP contribution in [0, 0.1) is 0 Å². The van der Waals surface area contributed by atoms with E-state index < -0.39 is 18.1 Å². The second-order valence-corrected chi connectivity index (χ2v) is 8.34. The lowest BCUT2D eigenvalue weighted by atomic mass is 10.1. The zero-order chi connectivity index (χ0) is 24.1. The van der Waals surface area contributed by atoms with Gasteiger partial charge in [0.15, 0.2) is 11.9 Å². The predicted octanol–water partition coefficient (Wildman–Crippen LogP) is 2.57. The summed E-state index contributed by atoms with van der Waals surface area (Å²) in [6.07, 6.45) is 1.24. The van der Waals surface area contributed by atoms with Crippen LogP contribution < -0.4 is 10.4 Å². The first-order chi connectivity index (χ1) is 16.5. The number of aliphatic carboxylic acids is 1. The third-order valence-electron chi connectivity index (χ3n) is 6.05. The van der Waals surface area contributed by atoms with Gasteiger partial charge in [0.05, 0.1) is 6.42 Å². The van der Waals surface area contributed by atoms with Crippen molar-refractivity contribution in [3.8, 4) is 5.75 Å². The average Bonchev–Trinajstić information content (AvgIpc) is 3.46. The number of carbonyl (C=O) groups is 2. The van der Waals surface area contributed by atoms with Gasteiger partial charge in [-0.1, -0.05) is 42.5 Å². The summed E-state index contributed by atoms with van der Waals surface area (Å²) in [5, 5.41) is 16.1. The van der Waals surface area contributed by atoms with Crippen LogP contribution in [0.3, 0.4) is 0 Å². The Morgan fingerprint density at radius 3 is 2.68 bits per heavy atom. The summed E-state index contributed by atoms with van der Waals surface area (Å²) in [7, 11) is 0. The first-order valence-corrected chi connectivity index (χ1v) is 11.4. The molecule has 0 radical (unpaired) electrons. The van der Waals surface area contributed by atoms with E-state index in [0.29, 0.717) is 43.9 Å². The lowest BCUT2D eigenvalue weighted by Crippen LogP contribution is -2.41. The number of rotatable bonds is 9. The maximum absolute atomic E-state index is 12.8. The van der Waals surface area contributed by atoms with Crippen molar-refractivity contribution in [1.82, 2.24) is 19.7 Å². The molecule has 0 saturated carbocycles. The van der Waals surface area contributed by atoms with Gasteiger partial charge < -0.3 is 14.7 Å². The van der Waals surface area contributed by atoms with Gasteiger partial charge in [0, 0.05) is 19.5 Å². The molecule has 1 aliphatic rings. The first-order valence-electron chi connectivity index (χ1n) is 11.4. The molecule has 0 aliphatic carbocycles. The van der Waals surface area contributed by atoms with E-state index in [1.54, 1.807) is 22.8 Å². The maximum atomic E-state index is 12.8. The summed E-state index contributed by atoms with van der Waals surface area (Å²) < 4.78 is 7.85. The molecule has 1 aliphatic heterocycles. The molecule has 0 bridgehead atoms. The summed E-state index contributed by atoms with van der Waals surface area (Å²) >= 11 is 0. The van der Waals surface area contributed by atoms with Gasteiger partial charge in [-0.3, -0.25) is 9.36 Å². The van der Waals surface area contributed by atoms with Crippen molar-refractivity contribution in [2.24, 2.45) is 0 Å². The minimum Gasteiger partial charge on any atom is -0.482 e. The van der Waals surface area contributed by atoms with E-state index in [-0.39, 0.29) is 18.0 Å². The van der Waals surface area contributed by atoms with Crippen molar-refractivity contribution >= 4 is 11.9 Å². The number of H-pyrrole nitrogens is 1. The van der Waals surface area contributed by atoms with Crippen LogP contribution in [0.1, 0.15) is 42.8 Å². The molecule has 1 amide bonds. The second kappa shape index (κ2) is 10.4. The molecule has 9 heteroatoms. The summed E-state index contributed by atoms with van der Waals surface area (Å²) in [4.78, 5) is 37.8. The lowest BCUT2D eigenvalue weighted by molar-refractivity contribution is -0.148. The number of nitrogens with zero attached hydrogens (tertiary/aromatic N) is 3. The third-order valence-corrected chi connectivity index (χ3v) is 6.05. The number of nitrogens with one attached hydrogen (secondary N) is 1. The van der Waals surface area contributed by atoms with Crippen LogP contribution in [0.5, 0.6) is 5.75 Å². The highest BCUT2D eigenvalue weighted by Gasteiger charge is 2.33. The Hall–Kier alpha value is -3.88. The van der Waals surface area contributed by atoms with Crippen LogP contribution in [-0.2, 0) is 29.0 Å². The number of hydrogen-bond acceptors (Lipinski definition) is 5. The highest BCUT2D eigenvalue weighted by molar-refractivity contribution is 5.85. The number of aromatic amines is 1. The number of hydrogen-bond donors (Lipinski definition) is 2. The van der Waals surface area contributed by atoms with Crippen LogP contribution in [-0.4, -0.2) is 49.2 Å². The molecule has 1 aromatic heterocycles. The van der Waals surface area contributed by atoms with E-state index in [4.69, 9.17) is 4.74 Å². The van der Waals surface area contributed by atoms with Gasteiger partial charge in [-0.15, -0.1) is 0 Å². The van der Waals surface area contributed by atoms with Gasteiger partial charge in [-0.25, -0.2) is 14.7 Å². The van der Waals surface area contributed by atoms with Gasteiger partial charge in [-0.05, 0) is 43.0 Å². The second-order valence-electron chi connectivity index (χ2n) is 8.34. The Morgan fingerprint density at radius 1 is 1.18 bits per heavy atom. The van der Waals surface area contributed by atoms with Crippen LogP contribution in [0.25, 0.3) is 0 Å². The van der Waals surface area contributed by atoms with E-state index in [9.17, 15) is 19.5 Å². The number of amides is 1. The molecule has 2 atom stereocenters. The zero-order valence-electron chi connectivity index (χ0n) is 19.0. The molecule has 4 rings (SSSR count). The first kappa shape index (κ1) is 23.3. The van der Waals surface area contributed by atoms with Crippen molar-refractivity contribution in [3.63, 3.8) is 0 Å². The van der Waals surface area contributed by atoms with E-state index in [0.717, 1.165) is 11.1 Å². The number of carbonyl (C=O) groups excluding carboxylic acids is 1. The third kappa shape index (κ3) is 5.19. The topological polar surface area (TPSA) is 118 Å². The standard InChI is InChI=1S/C25H28N4O5/c1-2-28-23(26-27-25(28)33)21(15-17-8-4-3-5-9-17)34-19-11-6-10-18(14-19)16-22(30)29-13-7-12-20(29)24(31)32/h3-6,8-11,14,20-21H,2,7,12-13,15-16H2,1H3,(H,27,33)(H,31,32)/t20?,21-/m1/s1. The lowest BCUT2D eigenvalue weighted by Gasteiger charge is -2.22. The normalized spacial score (nSPS) is 16.4. The Morgan fingerprint density at radius 2 is 1.94 bits per heavy atom. The van der Waals surface area contributed by atoms with Gasteiger partial charge in [0.25, 0.3) is 0 Å². The molecule has 34 heavy (non-hydrogen) atoms. The van der Waals surface area contributed by atoms with Crippen molar-refractivity contribution in [2.75, 3.05) is 6.54 Å². The van der Waals surface area contributed by atoms with Crippen LogP contribution in [0.4, 0.5) is 0 Å². The molecule has 178 valence electrons. The minimum atomic E-state index is -0.965. The Balaban J connectivity index is 1.55. The van der Waals surface area contributed by atoms with E-state index in [1.807, 2.05) is 43.3 Å². The van der Waals surface area contributed by atoms with E-state index in [2.05, 4.69) is 10.2 Å².